The highest BCUT2D eigenvalue weighted by atomic mass is 16.6. The predicted molar refractivity (Wildman–Crippen MR) is 64.7 cm³/mol. The van der Waals surface area contributed by atoms with E-state index in [1.54, 1.807) is 13.2 Å². The summed E-state index contributed by atoms with van der Waals surface area (Å²) in [5, 5.41) is 20.2. The van der Waals surface area contributed by atoms with Gasteiger partial charge in [-0.25, -0.2) is 0 Å². The molecule has 5 heteroatoms. The van der Waals surface area contributed by atoms with Crippen LogP contribution in [0.4, 0.5) is 0 Å². The maximum atomic E-state index is 8.71. The molecule has 1 aromatic carbocycles. The monoisotopic (exact) mass is 233 g/mol. The van der Waals surface area contributed by atoms with Gasteiger partial charge in [0.15, 0.2) is 0 Å². The minimum Gasteiger partial charge on any atom is -0.399 e. The average molecular weight is 233 g/mol. The molecule has 0 atom stereocenters. The molecule has 1 aliphatic rings. The molecule has 0 heterocycles. The molecule has 0 saturated carbocycles. The lowest BCUT2D eigenvalue weighted by molar-refractivity contribution is 0.212. The third-order valence-electron chi connectivity index (χ3n) is 2.88. The lowest BCUT2D eigenvalue weighted by atomic mass is 9.89. The van der Waals surface area contributed by atoms with Crippen molar-refractivity contribution >= 4 is 11.5 Å². The summed E-state index contributed by atoms with van der Waals surface area (Å²) in [6, 6.07) is 5.62. The first-order valence-electron chi connectivity index (χ1n) is 5.48. The van der Waals surface area contributed by atoms with Crippen LogP contribution in [0.3, 0.4) is 0 Å². The molecule has 3 N–H and O–H groups in total. The zero-order valence-electron chi connectivity index (χ0n) is 9.66. The van der Waals surface area contributed by atoms with Crippen LogP contribution >= 0.6 is 0 Å². The van der Waals surface area contributed by atoms with Crippen molar-refractivity contribution in [2.45, 2.75) is 19.3 Å². The summed E-state index contributed by atoms with van der Waals surface area (Å²) in [4.78, 5) is 4.83. The average Bonchev–Trinajstić information content (AvgIpc) is 2.38. The van der Waals surface area contributed by atoms with Gasteiger partial charge in [0.2, 0.25) is 0 Å². The molecule has 90 valence electrons. The highest BCUT2D eigenvalue weighted by molar-refractivity contribution is 6.04. The zero-order valence-corrected chi connectivity index (χ0v) is 9.66. The van der Waals surface area contributed by atoms with Crippen molar-refractivity contribution in [3.8, 4) is 0 Å². The quantitative estimate of drug-likeness (QED) is 0.413. The van der Waals surface area contributed by atoms with E-state index in [1.807, 2.05) is 17.6 Å². The van der Waals surface area contributed by atoms with Crippen LogP contribution in [0.25, 0.3) is 0 Å². The Kier molecular flexibility index (Phi) is 3.39. The van der Waals surface area contributed by atoms with Gasteiger partial charge in [0, 0.05) is 11.1 Å². The van der Waals surface area contributed by atoms with Crippen LogP contribution in [0.15, 0.2) is 23.4 Å². The van der Waals surface area contributed by atoms with Crippen molar-refractivity contribution in [1.29, 1.82) is 5.41 Å². The lowest BCUT2D eigenvalue weighted by Gasteiger charge is -2.18. The smallest absolute Gasteiger partial charge is 0.149 e. The Morgan fingerprint density at radius 2 is 2.29 bits per heavy atom. The van der Waals surface area contributed by atoms with E-state index in [-0.39, 0.29) is 5.84 Å². The fourth-order valence-corrected chi connectivity index (χ4v) is 2.09. The third kappa shape index (κ3) is 2.29. The Morgan fingerprint density at radius 1 is 1.47 bits per heavy atom. The molecule has 0 fully saturated rings. The molecule has 0 aliphatic heterocycles. The van der Waals surface area contributed by atoms with Gasteiger partial charge < -0.3 is 4.84 Å². The van der Waals surface area contributed by atoms with Crippen LogP contribution in [0.1, 0.15) is 29.5 Å². The summed E-state index contributed by atoms with van der Waals surface area (Å²) in [7, 11) is 1.54. The zero-order chi connectivity index (χ0) is 12.3. The number of oxime groups is 1. The van der Waals surface area contributed by atoms with Crippen molar-refractivity contribution in [3.05, 3.63) is 34.9 Å². The lowest BCUT2D eigenvalue weighted by Crippen LogP contribution is -2.20. The normalized spacial score (nSPS) is 16.5. The van der Waals surface area contributed by atoms with Gasteiger partial charge in [-0.2, -0.15) is 0 Å². The summed E-state index contributed by atoms with van der Waals surface area (Å²) in [5.74, 6) is 0.00334. The molecule has 0 amide bonds. The Morgan fingerprint density at radius 3 is 3.00 bits per heavy atom. The summed E-state index contributed by atoms with van der Waals surface area (Å²) >= 11 is 0. The Bertz CT molecular complexity index is 469. The van der Waals surface area contributed by atoms with Crippen LogP contribution in [0.5, 0.6) is 0 Å². The predicted octanol–water partition coefficient (Wildman–Crippen LogP) is 1.68. The Labute approximate surface area is 99.6 Å². The second-order valence-electron chi connectivity index (χ2n) is 3.93. The minimum absolute atomic E-state index is 0.00334. The summed E-state index contributed by atoms with van der Waals surface area (Å²) in [6.45, 7) is 0. The molecule has 0 radical (unpaired) electrons. The number of hydroxylamine groups is 1. The molecule has 1 aliphatic carbocycles. The molecule has 0 unspecified atom stereocenters. The number of fused-ring (bicyclic) bond motifs is 1. The molecule has 0 bridgehead atoms. The highest BCUT2D eigenvalue weighted by Crippen LogP contribution is 2.23. The largest absolute Gasteiger partial charge is 0.399 e. The van der Waals surface area contributed by atoms with Gasteiger partial charge in [0.25, 0.3) is 0 Å². The third-order valence-corrected chi connectivity index (χ3v) is 2.88. The first-order valence-corrected chi connectivity index (χ1v) is 5.48. The maximum absolute atomic E-state index is 8.71. The maximum Gasteiger partial charge on any atom is 0.149 e. The van der Waals surface area contributed by atoms with E-state index in [0.29, 0.717) is 5.56 Å². The summed E-state index contributed by atoms with van der Waals surface area (Å²) in [5.41, 5.74) is 5.69. The molecule has 2 rings (SSSR count). The first-order chi connectivity index (χ1) is 8.26. The van der Waals surface area contributed by atoms with Crippen molar-refractivity contribution in [1.82, 2.24) is 5.48 Å². The molecule has 5 nitrogen and oxygen atoms in total. The van der Waals surface area contributed by atoms with E-state index in [2.05, 4.69) is 5.16 Å². The van der Waals surface area contributed by atoms with Crippen LogP contribution in [0.2, 0.25) is 0 Å². The van der Waals surface area contributed by atoms with E-state index < -0.39 is 0 Å². The van der Waals surface area contributed by atoms with Gasteiger partial charge in [-0.3, -0.25) is 16.1 Å². The van der Waals surface area contributed by atoms with Gasteiger partial charge in [0.1, 0.15) is 12.9 Å². The summed E-state index contributed by atoms with van der Waals surface area (Å²) in [6.07, 6.45) is 2.90. The number of hydrogen-bond donors (Lipinski definition) is 3. The van der Waals surface area contributed by atoms with Gasteiger partial charge in [0.05, 0.1) is 5.71 Å². The molecule has 1 aromatic rings. The SMILES string of the molecule is CON=C1CCCc2cc(C(=N)NO)ccc21. The molecule has 0 saturated heterocycles. The van der Waals surface area contributed by atoms with Crippen molar-refractivity contribution in [2.24, 2.45) is 5.16 Å². The highest BCUT2D eigenvalue weighted by Gasteiger charge is 2.17. The van der Waals surface area contributed by atoms with Crippen molar-refractivity contribution in [2.75, 3.05) is 7.11 Å². The molecule has 0 spiro atoms. The minimum atomic E-state index is 0.00334. The van der Waals surface area contributed by atoms with Gasteiger partial charge in [-0.15, -0.1) is 0 Å². The van der Waals surface area contributed by atoms with Crippen LogP contribution in [-0.2, 0) is 11.3 Å². The van der Waals surface area contributed by atoms with E-state index in [0.717, 1.165) is 36.1 Å². The fraction of sp³-hybridized carbons (Fsp3) is 0.333. The molecule has 0 aromatic heterocycles. The number of nitrogens with one attached hydrogen (secondary N) is 2. The second-order valence-corrected chi connectivity index (χ2v) is 3.93. The molecule has 17 heavy (non-hydrogen) atoms. The van der Waals surface area contributed by atoms with Gasteiger partial charge in [-0.05, 0) is 30.9 Å². The number of amidine groups is 1. The number of benzene rings is 1. The Balaban J connectivity index is 2.40. The van der Waals surface area contributed by atoms with Crippen LogP contribution in [0, 0.1) is 5.41 Å². The van der Waals surface area contributed by atoms with Crippen LogP contribution in [-0.4, -0.2) is 23.9 Å². The van der Waals surface area contributed by atoms with Gasteiger partial charge in [-0.1, -0.05) is 17.3 Å². The standard InChI is InChI=1S/C12H15N3O2/c1-17-15-11-4-2-3-8-7-9(12(13)14-16)5-6-10(8)11/h5-7,16H,2-4H2,1H3,(H2,13,14). The summed E-state index contributed by atoms with van der Waals surface area (Å²) < 4.78 is 0. The number of aryl methyl sites for hydroxylation is 1. The molecular formula is C12H15N3O2. The number of nitrogens with zero attached hydrogens (tertiary/aromatic N) is 1. The number of rotatable bonds is 2. The second kappa shape index (κ2) is 4.97. The van der Waals surface area contributed by atoms with Crippen molar-refractivity contribution < 1.29 is 10.0 Å². The van der Waals surface area contributed by atoms with Crippen LogP contribution < -0.4 is 5.48 Å². The molecular weight excluding hydrogens is 218 g/mol. The van der Waals surface area contributed by atoms with E-state index in [9.17, 15) is 0 Å². The first kappa shape index (κ1) is 11.6. The van der Waals surface area contributed by atoms with Gasteiger partial charge >= 0.3 is 0 Å². The van der Waals surface area contributed by atoms with E-state index >= 15 is 0 Å². The number of hydrogen-bond acceptors (Lipinski definition) is 4. The topological polar surface area (TPSA) is 77.7 Å². The van der Waals surface area contributed by atoms with E-state index in [4.69, 9.17) is 15.5 Å². The Hall–Kier alpha value is -1.88. The fourth-order valence-electron chi connectivity index (χ4n) is 2.09. The van der Waals surface area contributed by atoms with E-state index in [1.165, 1.54) is 0 Å². The van der Waals surface area contributed by atoms with Crippen molar-refractivity contribution in [3.63, 3.8) is 0 Å².